The van der Waals surface area contributed by atoms with Crippen LogP contribution in [0.3, 0.4) is 0 Å². The standard InChI is InChI=1S/C18H26N4OS/c1-4-22-15(3)16(14(2)19-22)13-20-8-6-9-21(11-10-20)18(23)17-7-5-12-24-17/h5,7,12H,4,6,8-11,13H2,1-3H3. The van der Waals surface area contributed by atoms with Crippen molar-refractivity contribution in [2.24, 2.45) is 0 Å². The Labute approximate surface area is 147 Å². The number of rotatable bonds is 4. The Morgan fingerprint density at radius 1 is 1.25 bits per heavy atom. The normalized spacial score (nSPS) is 16.4. The summed E-state index contributed by atoms with van der Waals surface area (Å²) < 4.78 is 2.08. The lowest BCUT2D eigenvalue weighted by molar-refractivity contribution is 0.0766. The van der Waals surface area contributed by atoms with Crippen molar-refractivity contribution >= 4 is 17.2 Å². The van der Waals surface area contributed by atoms with E-state index in [-0.39, 0.29) is 5.91 Å². The van der Waals surface area contributed by atoms with Crippen molar-refractivity contribution in [1.29, 1.82) is 0 Å². The van der Waals surface area contributed by atoms with Crippen LogP contribution in [-0.4, -0.2) is 51.7 Å². The highest BCUT2D eigenvalue weighted by molar-refractivity contribution is 7.12. The van der Waals surface area contributed by atoms with Gasteiger partial charge < -0.3 is 4.90 Å². The Bertz CT molecular complexity index is 692. The summed E-state index contributed by atoms with van der Waals surface area (Å²) in [5, 5.41) is 6.59. The maximum absolute atomic E-state index is 12.5. The molecule has 0 unspecified atom stereocenters. The molecule has 1 aliphatic heterocycles. The molecule has 3 rings (SSSR count). The third-order valence-electron chi connectivity index (χ3n) is 4.82. The number of carbonyl (C=O) groups excluding carboxylic acids is 1. The van der Waals surface area contributed by atoms with Crippen LogP contribution in [-0.2, 0) is 13.1 Å². The van der Waals surface area contributed by atoms with Crippen LogP contribution in [0.5, 0.6) is 0 Å². The highest BCUT2D eigenvalue weighted by Crippen LogP contribution is 2.18. The van der Waals surface area contributed by atoms with Gasteiger partial charge in [0, 0.05) is 50.5 Å². The molecule has 0 spiro atoms. The van der Waals surface area contributed by atoms with Gasteiger partial charge in [-0.2, -0.15) is 5.10 Å². The van der Waals surface area contributed by atoms with Crippen LogP contribution in [0.4, 0.5) is 0 Å². The highest BCUT2D eigenvalue weighted by Gasteiger charge is 2.22. The van der Waals surface area contributed by atoms with Gasteiger partial charge in [-0.1, -0.05) is 6.07 Å². The van der Waals surface area contributed by atoms with Crippen LogP contribution in [0.15, 0.2) is 17.5 Å². The van der Waals surface area contributed by atoms with Crippen LogP contribution < -0.4 is 0 Å². The molecule has 2 aromatic heterocycles. The number of aromatic nitrogens is 2. The Balaban J connectivity index is 1.64. The lowest BCUT2D eigenvalue weighted by Crippen LogP contribution is -2.34. The van der Waals surface area contributed by atoms with Crippen molar-refractivity contribution in [1.82, 2.24) is 19.6 Å². The number of carbonyl (C=O) groups is 1. The van der Waals surface area contributed by atoms with Crippen molar-refractivity contribution in [2.75, 3.05) is 26.2 Å². The summed E-state index contributed by atoms with van der Waals surface area (Å²) in [7, 11) is 0. The highest BCUT2D eigenvalue weighted by atomic mass is 32.1. The molecule has 1 fully saturated rings. The molecule has 0 radical (unpaired) electrons. The number of hydrogen-bond acceptors (Lipinski definition) is 4. The van der Waals surface area contributed by atoms with Crippen LogP contribution >= 0.6 is 11.3 Å². The third-order valence-corrected chi connectivity index (χ3v) is 5.68. The lowest BCUT2D eigenvalue weighted by atomic mass is 10.2. The zero-order valence-electron chi connectivity index (χ0n) is 14.8. The lowest BCUT2D eigenvalue weighted by Gasteiger charge is -2.22. The van der Waals surface area contributed by atoms with E-state index >= 15 is 0 Å². The van der Waals surface area contributed by atoms with Gasteiger partial charge in [-0.15, -0.1) is 11.3 Å². The van der Waals surface area contributed by atoms with Crippen LogP contribution in [0.1, 0.15) is 40.0 Å². The minimum atomic E-state index is 0.179. The molecule has 0 aromatic carbocycles. The van der Waals surface area contributed by atoms with Crippen molar-refractivity contribution in [3.8, 4) is 0 Å². The first-order chi connectivity index (χ1) is 11.6. The van der Waals surface area contributed by atoms with Crippen molar-refractivity contribution < 1.29 is 4.79 Å². The SMILES string of the molecule is CCn1nc(C)c(CN2CCCN(C(=O)c3cccs3)CC2)c1C. The maximum atomic E-state index is 12.5. The Kier molecular flexibility index (Phi) is 5.36. The van der Waals surface area contributed by atoms with Gasteiger partial charge in [0.2, 0.25) is 0 Å². The van der Waals surface area contributed by atoms with E-state index < -0.39 is 0 Å². The predicted molar refractivity (Wildman–Crippen MR) is 97.5 cm³/mol. The average Bonchev–Trinajstić information content (AvgIpc) is 3.12. The predicted octanol–water partition coefficient (Wildman–Crippen LogP) is 2.93. The first-order valence-corrected chi connectivity index (χ1v) is 9.56. The van der Waals surface area contributed by atoms with Gasteiger partial charge >= 0.3 is 0 Å². The molecule has 3 heterocycles. The van der Waals surface area contributed by atoms with E-state index in [1.54, 1.807) is 0 Å². The average molecular weight is 347 g/mol. The molecular formula is C18H26N4OS. The second-order valence-electron chi connectivity index (χ2n) is 6.36. The summed E-state index contributed by atoms with van der Waals surface area (Å²) in [4.78, 5) is 17.8. The summed E-state index contributed by atoms with van der Waals surface area (Å²) in [6, 6.07) is 3.86. The van der Waals surface area contributed by atoms with Crippen molar-refractivity contribution in [3.63, 3.8) is 0 Å². The molecule has 0 bridgehead atoms. The summed E-state index contributed by atoms with van der Waals surface area (Å²) in [6.45, 7) is 11.8. The van der Waals surface area contributed by atoms with Gasteiger partial charge in [0.05, 0.1) is 10.6 Å². The molecule has 1 aliphatic rings. The zero-order valence-corrected chi connectivity index (χ0v) is 15.6. The maximum Gasteiger partial charge on any atom is 0.263 e. The smallest absolute Gasteiger partial charge is 0.263 e. The van der Waals surface area contributed by atoms with E-state index in [4.69, 9.17) is 0 Å². The summed E-state index contributed by atoms with van der Waals surface area (Å²) in [5.74, 6) is 0.179. The number of amides is 1. The second-order valence-corrected chi connectivity index (χ2v) is 7.31. The summed E-state index contributed by atoms with van der Waals surface area (Å²) in [5.41, 5.74) is 3.74. The number of hydrogen-bond donors (Lipinski definition) is 0. The van der Waals surface area contributed by atoms with E-state index in [9.17, 15) is 4.79 Å². The Hall–Kier alpha value is -1.66. The number of aryl methyl sites for hydroxylation is 2. The molecular weight excluding hydrogens is 320 g/mol. The molecule has 130 valence electrons. The first-order valence-electron chi connectivity index (χ1n) is 8.68. The van der Waals surface area contributed by atoms with E-state index in [0.29, 0.717) is 0 Å². The van der Waals surface area contributed by atoms with Crippen molar-refractivity contribution in [2.45, 2.75) is 40.3 Å². The molecule has 0 saturated carbocycles. The molecule has 6 heteroatoms. The van der Waals surface area contributed by atoms with Gasteiger partial charge in [0.1, 0.15) is 0 Å². The number of nitrogens with zero attached hydrogens (tertiary/aromatic N) is 4. The number of thiophene rings is 1. The summed E-state index contributed by atoms with van der Waals surface area (Å²) >= 11 is 1.53. The molecule has 24 heavy (non-hydrogen) atoms. The van der Waals surface area contributed by atoms with E-state index in [2.05, 4.69) is 35.5 Å². The van der Waals surface area contributed by atoms with Crippen LogP contribution in [0, 0.1) is 13.8 Å². The van der Waals surface area contributed by atoms with Crippen LogP contribution in [0.25, 0.3) is 0 Å². The molecule has 2 aromatic rings. The minimum Gasteiger partial charge on any atom is -0.337 e. The fourth-order valence-corrected chi connectivity index (χ4v) is 4.07. The van der Waals surface area contributed by atoms with Gasteiger partial charge in [-0.25, -0.2) is 0 Å². The topological polar surface area (TPSA) is 41.4 Å². The van der Waals surface area contributed by atoms with Gasteiger partial charge in [-0.05, 0) is 38.6 Å². The van der Waals surface area contributed by atoms with Crippen molar-refractivity contribution in [3.05, 3.63) is 39.3 Å². The molecule has 0 N–H and O–H groups in total. The fraction of sp³-hybridized carbons (Fsp3) is 0.556. The van der Waals surface area contributed by atoms with E-state index in [0.717, 1.165) is 56.3 Å². The molecule has 0 atom stereocenters. The largest absolute Gasteiger partial charge is 0.337 e. The van der Waals surface area contributed by atoms with Gasteiger partial charge in [-0.3, -0.25) is 14.4 Å². The molecule has 0 aliphatic carbocycles. The molecule has 1 saturated heterocycles. The second kappa shape index (κ2) is 7.49. The monoisotopic (exact) mass is 346 g/mol. The van der Waals surface area contributed by atoms with Gasteiger partial charge in [0.15, 0.2) is 0 Å². The third kappa shape index (κ3) is 3.54. The minimum absolute atomic E-state index is 0.179. The Morgan fingerprint density at radius 3 is 2.75 bits per heavy atom. The van der Waals surface area contributed by atoms with E-state index in [1.807, 2.05) is 22.4 Å². The van der Waals surface area contributed by atoms with Crippen LogP contribution in [0.2, 0.25) is 0 Å². The molecule has 1 amide bonds. The Morgan fingerprint density at radius 2 is 2.08 bits per heavy atom. The zero-order chi connectivity index (χ0) is 17.1. The summed E-state index contributed by atoms with van der Waals surface area (Å²) in [6.07, 6.45) is 1.02. The molecule has 5 nitrogen and oxygen atoms in total. The fourth-order valence-electron chi connectivity index (χ4n) is 3.38. The quantitative estimate of drug-likeness (QED) is 0.855. The first kappa shape index (κ1) is 17.2. The van der Waals surface area contributed by atoms with E-state index in [1.165, 1.54) is 22.6 Å². The van der Waals surface area contributed by atoms with Gasteiger partial charge in [0.25, 0.3) is 5.91 Å².